The van der Waals surface area contributed by atoms with Gasteiger partial charge in [-0.25, -0.2) is 0 Å². The van der Waals surface area contributed by atoms with Crippen molar-refractivity contribution in [1.82, 2.24) is 10.2 Å². The van der Waals surface area contributed by atoms with Gasteiger partial charge >= 0.3 is 0 Å². The lowest BCUT2D eigenvalue weighted by Gasteiger charge is -2.08. The maximum Gasteiger partial charge on any atom is 0.276 e. The molecule has 0 unspecified atom stereocenters. The van der Waals surface area contributed by atoms with Gasteiger partial charge in [-0.3, -0.25) is 9.59 Å². The van der Waals surface area contributed by atoms with Crippen molar-refractivity contribution in [2.24, 2.45) is 0 Å². The van der Waals surface area contributed by atoms with Crippen LogP contribution < -0.4 is 20.7 Å². The van der Waals surface area contributed by atoms with Gasteiger partial charge in [0.25, 0.3) is 5.91 Å². The summed E-state index contributed by atoms with van der Waals surface area (Å²) in [6.45, 7) is 3.98. The number of carbonyl (C=O) groups is 2. The van der Waals surface area contributed by atoms with Crippen molar-refractivity contribution in [2.45, 2.75) is 13.8 Å². The Kier molecular flexibility index (Phi) is 6.36. The first-order valence-corrected chi connectivity index (χ1v) is 9.06. The number of hydrogen-bond acceptors (Lipinski definition) is 6. The minimum Gasteiger partial charge on any atom is -0.494 e. The third kappa shape index (κ3) is 5.77. The molecule has 0 atom stereocenters. The molecule has 0 radical (unpaired) electrons. The number of hydrogen-bond donors (Lipinski definition) is 3. The maximum absolute atomic E-state index is 12.3. The molecule has 1 heterocycles. The molecular weight excluding hydrogens is 370 g/mol. The molecule has 3 rings (SSSR count). The third-order valence-corrected chi connectivity index (χ3v) is 3.80. The highest BCUT2D eigenvalue weighted by Crippen LogP contribution is 2.19. The van der Waals surface area contributed by atoms with Crippen LogP contribution in [-0.2, 0) is 4.79 Å². The van der Waals surface area contributed by atoms with Crippen LogP contribution in [0.3, 0.4) is 0 Å². The molecule has 29 heavy (non-hydrogen) atoms. The van der Waals surface area contributed by atoms with Crippen LogP contribution in [0.2, 0.25) is 0 Å². The van der Waals surface area contributed by atoms with Gasteiger partial charge in [0, 0.05) is 24.0 Å². The lowest BCUT2D eigenvalue weighted by molar-refractivity contribution is -0.114. The Balaban J connectivity index is 1.58. The molecule has 0 aliphatic heterocycles. The SMILES string of the molecule is CCOc1ccc(Nc2ccc(C(=O)Nc3ccc(NC(C)=O)cc3)nn2)cc1. The second-order valence-corrected chi connectivity index (χ2v) is 6.10. The summed E-state index contributed by atoms with van der Waals surface area (Å²) in [5.41, 5.74) is 2.26. The molecule has 2 aromatic carbocycles. The highest BCUT2D eigenvalue weighted by atomic mass is 16.5. The minimum atomic E-state index is -0.377. The van der Waals surface area contributed by atoms with Gasteiger partial charge in [-0.05, 0) is 67.6 Å². The highest BCUT2D eigenvalue weighted by molar-refractivity contribution is 6.03. The van der Waals surface area contributed by atoms with Crippen molar-refractivity contribution in [3.8, 4) is 5.75 Å². The zero-order chi connectivity index (χ0) is 20.6. The molecule has 0 aliphatic carbocycles. The van der Waals surface area contributed by atoms with Crippen LogP contribution in [0.25, 0.3) is 0 Å². The van der Waals surface area contributed by atoms with Gasteiger partial charge in [-0.2, -0.15) is 0 Å². The van der Waals surface area contributed by atoms with Gasteiger partial charge in [0.15, 0.2) is 11.5 Å². The fraction of sp³-hybridized carbons (Fsp3) is 0.143. The molecule has 0 spiro atoms. The van der Waals surface area contributed by atoms with Crippen LogP contribution in [0.5, 0.6) is 5.75 Å². The summed E-state index contributed by atoms with van der Waals surface area (Å²) in [7, 11) is 0. The van der Waals surface area contributed by atoms with E-state index in [2.05, 4.69) is 26.1 Å². The zero-order valence-electron chi connectivity index (χ0n) is 16.1. The molecule has 148 valence electrons. The number of benzene rings is 2. The first kappa shape index (κ1) is 19.8. The second kappa shape index (κ2) is 9.32. The second-order valence-electron chi connectivity index (χ2n) is 6.10. The van der Waals surface area contributed by atoms with E-state index in [1.807, 2.05) is 31.2 Å². The lowest BCUT2D eigenvalue weighted by Crippen LogP contribution is -2.14. The van der Waals surface area contributed by atoms with Gasteiger partial charge in [-0.15, -0.1) is 10.2 Å². The number of ether oxygens (including phenoxy) is 1. The molecule has 3 aromatic rings. The minimum absolute atomic E-state index is 0.156. The van der Waals surface area contributed by atoms with E-state index in [9.17, 15) is 9.59 Å². The van der Waals surface area contributed by atoms with Crippen molar-refractivity contribution >= 4 is 34.7 Å². The van der Waals surface area contributed by atoms with E-state index in [1.54, 1.807) is 36.4 Å². The molecule has 0 bridgehead atoms. The molecule has 0 saturated heterocycles. The number of amides is 2. The van der Waals surface area contributed by atoms with E-state index >= 15 is 0 Å². The first-order valence-electron chi connectivity index (χ1n) is 9.06. The van der Waals surface area contributed by atoms with Crippen molar-refractivity contribution in [2.75, 3.05) is 22.6 Å². The third-order valence-electron chi connectivity index (χ3n) is 3.80. The predicted octanol–water partition coefficient (Wildman–Crippen LogP) is 3.83. The Morgan fingerprint density at radius 1 is 0.828 bits per heavy atom. The van der Waals surface area contributed by atoms with E-state index in [-0.39, 0.29) is 17.5 Å². The quantitative estimate of drug-likeness (QED) is 0.565. The molecular formula is C21H21N5O3. The Morgan fingerprint density at radius 2 is 1.45 bits per heavy atom. The Hall–Kier alpha value is -3.94. The fourth-order valence-electron chi connectivity index (χ4n) is 2.50. The standard InChI is InChI=1S/C21H21N5O3/c1-3-29-18-10-8-16(9-11-18)23-20-13-12-19(25-26-20)21(28)24-17-6-4-15(5-7-17)22-14(2)27/h4-13H,3H2,1-2H3,(H,22,27)(H,23,26)(H,24,28). The molecule has 3 N–H and O–H groups in total. The molecule has 0 aliphatic rings. The highest BCUT2D eigenvalue weighted by Gasteiger charge is 2.09. The van der Waals surface area contributed by atoms with E-state index in [4.69, 9.17) is 4.74 Å². The van der Waals surface area contributed by atoms with Crippen LogP contribution in [0.1, 0.15) is 24.3 Å². The van der Waals surface area contributed by atoms with Gasteiger partial charge in [0.1, 0.15) is 5.75 Å². The Morgan fingerprint density at radius 3 is 2.00 bits per heavy atom. The Bertz CT molecular complexity index is 971. The molecule has 8 heteroatoms. The summed E-state index contributed by atoms with van der Waals surface area (Å²) in [5, 5.41) is 16.5. The van der Waals surface area contributed by atoms with Crippen molar-refractivity contribution < 1.29 is 14.3 Å². The molecule has 1 aromatic heterocycles. The summed E-state index contributed by atoms with van der Waals surface area (Å²) < 4.78 is 5.41. The summed E-state index contributed by atoms with van der Waals surface area (Å²) in [6.07, 6.45) is 0. The molecule has 2 amide bonds. The lowest BCUT2D eigenvalue weighted by atomic mass is 10.2. The predicted molar refractivity (Wildman–Crippen MR) is 112 cm³/mol. The van der Waals surface area contributed by atoms with Crippen molar-refractivity contribution in [3.63, 3.8) is 0 Å². The normalized spacial score (nSPS) is 10.1. The fourth-order valence-corrected chi connectivity index (χ4v) is 2.50. The Labute approximate surface area is 168 Å². The average Bonchev–Trinajstić information content (AvgIpc) is 2.71. The van der Waals surface area contributed by atoms with Gasteiger partial charge < -0.3 is 20.7 Å². The number of anilines is 4. The monoisotopic (exact) mass is 391 g/mol. The van der Waals surface area contributed by atoms with Crippen LogP contribution in [0.4, 0.5) is 22.9 Å². The van der Waals surface area contributed by atoms with Gasteiger partial charge in [0.05, 0.1) is 6.61 Å². The van der Waals surface area contributed by atoms with Gasteiger partial charge in [0.2, 0.25) is 5.91 Å². The number of nitrogens with zero attached hydrogens (tertiary/aromatic N) is 2. The first-order chi connectivity index (χ1) is 14.0. The van der Waals surface area contributed by atoms with Crippen LogP contribution in [-0.4, -0.2) is 28.6 Å². The maximum atomic E-state index is 12.3. The smallest absolute Gasteiger partial charge is 0.276 e. The van der Waals surface area contributed by atoms with E-state index in [0.717, 1.165) is 11.4 Å². The van der Waals surface area contributed by atoms with E-state index in [1.165, 1.54) is 6.92 Å². The largest absolute Gasteiger partial charge is 0.494 e. The van der Waals surface area contributed by atoms with Crippen LogP contribution in [0.15, 0.2) is 60.7 Å². The van der Waals surface area contributed by atoms with Crippen molar-refractivity contribution in [1.29, 1.82) is 0 Å². The molecule has 0 saturated carbocycles. The zero-order valence-corrected chi connectivity index (χ0v) is 16.1. The topological polar surface area (TPSA) is 105 Å². The van der Waals surface area contributed by atoms with Crippen LogP contribution >= 0.6 is 0 Å². The summed E-state index contributed by atoms with van der Waals surface area (Å²) >= 11 is 0. The van der Waals surface area contributed by atoms with Gasteiger partial charge in [-0.1, -0.05) is 0 Å². The number of aromatic nitrogens is 2. The molecule has 8 nitrogen and oxygen atoms in total. The number of nitrogens with one attached hydrogen (secondary N) is 3. The number of carbonyl (C=O) groups excluding carboxylic acids is 2. The number of rotatable bonds is 7. The summed E-state index contributed by atoms with van der Waals surface area (Å²) in [4.78, 5) is 23.4. The van der Waals surface area contributed by atoms with Crippen molar-refractivity contribution in [3.05, 3.63) is 66.4 Å². The van der Waals surface area contributed by atoms with Crippen LogP contribution in [0, 0.1) is 0 Å². The molecule has 0 fully saturated rings. The van der Waals surface area contributed by atoms with E-state index in [0.29, 0.717) is 23.8 Å². The summed E-state index contributed by atoms with van der Waals surface area (Å²) in [6, 6.07) is 17.5. The average molecular weight is 391 g/mol. The summed E-state index contributed by atoms with van der Waals surface area (Å²) in [5.74, 6) is 0.778. The van der Waals surface area contributed by atoms with E-state index < -0.39 is 0 Å².